The Morgan fingerprint density at radius 1 is 1.18 bits per heavy atom. The first-order chi connectivity index (χ1) is 8.16. The predicted octanol–water partition coefficient (Wildman–Crippen LogP) is 2.54. The van der Waals surface area contributed by atoms with Crippen molar-refractivity contribution in [1.29, 1.82) is 0 Å². The number of rotatable bonds is 1. The molecule has 1 aromatic heterocycles. The summed E-state index contributed by atoms with van der Waals surface area (Å²) in [7, 11) is 0. The van der Waals surface area contributed by atoms with Gasteiger partial charge in [0.15, 0.2) is 5.75 Å². The maximum Gasteiger partial charge on any atom is 0.303 e. The van der Waals surface area contributed by atoms with Crippen LogP contribution in [0.4, 0.5) is 0 Å². The van der Waals surface area contributed by atoms with Crippen LogP contribution >= 0.6 is 11.5 Å². The van der Waals surface area contributed by atoms with Crippen LogP contribution in [-0.4, -0.2) is 9.06 Å². The Hall–Kier alpha value is -0.770. The van der Waals surface area contributed by atoms with Gasteiger partial charge in [0.25, 0.3) is 0 Å². The van der Waals surface area contributed by atoms with Gasteiger partial charge in [-0.25, -0.2) is 0 Å². The zero-order valence-corrected chi connectivity index (χ0v) is 10.6. The Morgan fingerprint density at radius 3 is 2.12 bits per heavy atom. The molecule has 0 saturated heterocycles. The summed E-state index contributed by atoms with van der Waals surface area (Å²) >= 11 is 1.42. The van der Waals surface area contributed by atoms with Crippen LogP contribution in [0.15, 0.2) is 10.2 Å². The maximum absolute atomic E-state index is 12.0. The second kappa shape index (κ2) is 3.16. The van der Waals surface area contributed by atoms with Gasteiger partial charge in [0.05, 0.1) is 10.9 Å². The third-order valence-electron chi connectivity index (χ3n) is 5.11. The van der Waals surface area contributed by atoms with Gasteiger partial charge in [0, 0.05) is 0 Å². The minimum atomic E-state index is -0.156. The van der Waals surface area contributed by atoms with Gasteiger partial charge in [-0.05, 0) is 56.3 Å². The molecule has 17 heavy (non-hydrogen) atoms. The summed E-state index contributed by atoms with van der Waals surface area (Å²) < 4.78 is 1.90. The molecular formula is C13H17NO2S. The summed E-state index contributed by atoms with van der Waals surface area (Å²) in [6.07, 6.45) is 7.64. The largest absolute Gasteiger partial charge is 0.502 e. The average molecular weight is 251 g/mol. The van der Waals surface area contributed by atoms with Crippen LogP contribution in [0.1, 0.15) is 38.5 Å². The van der Waals surface area contributed by atoms with E-state index >= 15 is 0 Å². The molecule has 4 heteroatoms. The molecule has 0 amide bonds. The zero-order valence-electron chi connectivity index (χ0n) is 9.76. The number of aromatic hydroxyl groups is 1. The molecule has 1 N–H and O–H groups in total. The molecule has 0 aliphatic heterocycles. The maximum atomic E-state index is 12.0. The van der Waals surface area contributed by atoms with Crippen molar-refractivity contribution in [3.05, 3.63) is 15.7 Å². The van der Waals surface area contributed by atoms with Crippen LogP contribution < -0.4 is 5.56 Å². The highest BCUT2D eigenvalue weighted by Crippen LogP contribution is 2.58. The van der Waals surface area contributed by atoms with E-state index in [0.29, 0.717) is 0 Å². The fraction of sp³-hybridized carbons (Fsp3) is 0.769. The molecule has 0 radical (unpaired) electrons. The average Bonchev–Trinajstić information content (AvgIpc) is 2.58. The van der Waals surface area contributed by atoms with E-state index in [1.54, 1.807) is 5.38 Å². The van der Waals surface area contributed by atoms with Crippen molar-refractivity contribution in [2.75, 3.05) is 0 Å². The second-order valence-electron chi connectivity index (χ2n) is 6.35. The highest BCUT2D eigenvalue weighted by Gasteiger charge is 2.52. The third-order valence-corrected chi connectivity index (χ3v) is 6.20. The Balaban J connectivity index is 1.82. The summed E-state index contributed by atoms with van der Waals surface area (Å²) in [6, 6.07) is 0. The van der Waals surface area contributed by atoms with Crippen molar-refractivity contribution in [2.24, 2.45) is 17.8 Å². The van der Waals surface area contributed by atoms with E-state index < -0.39 is 0 Å². The summed E-state index contributed by atoms with van der Waals surface area (Å²) in [5.74, 6) is 2.43. The third kappa shape index (κ3) is 1.30. The van der Waals surface area contributed by atoms with Crippen LogP contribution in [0.25, 0.3) is 0 Å². The van der Waals surface area contributed by atoms with Crippen LogP contribution in [0.3, 0.4) is 0 Å². The number of hydrogen-bond acceptors (Lipinski definition) is 3. The molecule has 3 nitrogen and oxygen atoms in total. The highest BCUT2D eigenvalue weighted by molar-refractivity contribution is 7.04. The smallest absolute Gasteiger partial charge is 0.303 e. The predicted molar refractivity (Wildman–Crippen MR) is 66.4 cm³/mol. The first-order valence-electron chi connectivity index (χ1n) is 6.57. The van der Waals surface area contributed by atoms with Crippen LogP contribution in [0.2, 0.25) is 0 Å². The topological polar surface area (TPSA) is 42.2 Å². The fourth-order valence-electron chi connectivity index (χ4n) is 4.95. The van der Waals surface area contributed by atoms with Gasteiger partial charge in [-0.1, -0.05) is 11.5 Å². The summed E-state index contributed by atoms with van der Waals surface area (Å²) in [6.45, 7) is 0. The minimum absolute atomic E-state index is 0.0641. The summed E-state index contributed by atoms with van der Waals surface area (Å²) in [5.41, 5.74) is -0.0887. The Bertz CT molecular complexity index is 480. The zero-order chi connectivity index (χ0) is 11.6. The summed E-state index contributed by atoms with van der Waals surface area (Å²) in [4.78, 5) is 12.0. The van der Waals surface area contributed by atoms with Gasteiger partial charge in [-0.15, -0.1) is 0 Å². The lowest BCUT2D eigenvalue weighted by Crippen LogP contribution is -2.53. The van der Waals surface area contributed by atoms with Gasteiger partial charge >= 0.3 is 5.56 Å². The van der Waals surface area contributed by atoms with E-state index in [1.165, 1.54) is 50.1 Å². The highest BCUT2D eigenvalue weighted by atomic mass is 32.1. The molecule has 4 fully saturated rings. The molecule has 92 valence electrons. The van der Waals surface area contributed by atoms with Crippen LogP contribution in [0, 0.1) is 17.8 Å². The molecule has 0 spiro atoms. The first kappa shape index (κ1) is 10.2. The number of nitrogens with zero attached hydrogens (tertiary/aromatic N) is 1. The molecule has 4 bridgehead atoms. The molecule has 4 aliphatic carbocycles. The van der Waals surface area contributed by atoms with E-state index in [-0.39, 0.29) is 16.8 Å². The van der Waals surface area contributed by atoms with Crippen molar-refractivity contribution in [3.63, 3.8) is 0 Å². The lowest BCUT2D eigenvalue weighted by Gasteiger charge is -2.56. The standard InChI is InChI=1S/C13H17NO2S/c15-11-7-17-14(12(11)16)13-4-8-1-9(5-13)3-10(2-8)6-13/h7-10,15H,1-6H2. The van der Waals surface area contributed by atoms with E-state index in [4.69, 9.17) is 0 Å². The number of aromatic nitrogens is 1. The SMILES string of the molecule is O=c1c(O)csn1C12CC3CC(CC(C3)C1)C2. The molecule has 0 aromatic carbocycles. The molecule has 0 unspecified atom stereocenters. The Morgan fingerprint density at radius 2 is 1.71 bits per heavy atom. The fourth-order valence-corrected chi connectivity index (χ4v) is 5.89. The normalized spacial score (nSPS) is 43.2. The van der Waals surface area contributed by atoms with Crippen molar-refractivity contribution in [3.8, 4) is 5.75 Å². The molecule has 1 heterocycles. The van der Waals surface area contributed by atoms with Crippen LogP contribution in [-0.2, 0) is 5.54 Å². The van der Waals surface area contributed by atoms with Gasteiger partial charge in [0.1, 0.15) is 0 Å². The van der Waals surface area contributed by atoms with E-state index in [1.807, 2.05) is 3.96 Å². The lowest BCUT2D eigenvalue weighted by atomic mass is 9.53. The summed E-state index contributed by atoms with van der Waals surface area (Å²) in [5, 5.41) is 11.1. The second-order valence-corrected chi connectivity index (χ2v) is 7.16. The van der Waals surface area contributed by atoms with Gasteiger partial charge in [-0.3, -0.25) is 8.75 Å². The molecule has 0 atom stereocenters. The van der Waals surface area contributed by atoms with Crippen molar-refractivity contribution in [2.45, 2.75) is 44.1 Å². The lowest BCUT2D eigenvalue weighted by molar-refractivity contribution is -0.0391. The molecule has 1 aromatic rings. The van der Waals surface area contributed by atoms with Gasteiger partial charge in [-0.2, -0.15) is 0 Å². The van der Waals surface area contributed by atoms with E-state index in [2.05, 4.69) is 0 Å². The van der Waals surface area contributed by atoms with E-state index in [9.17, 15) is 9.90 Å². The van der Waals surface area contributed by atoms with Crippen LogP contribution in [0.5, 0.6) is 5.75 Å². The Labute approximate surface area is 104 Å². The van der Waals surface area contributed by atoms with Crippen molar-refractivity contribution in [1.82, 2.24) is 3.96 Å². The minimum Gasteiger partial charge on any atom is -0.502 e. The van der Waals surface area contributed by atoms with Crippen molar-refractivity contribution < 1.29 is 5.11 Å². The van der Waals surface area contributed by atoms with Crippen molar-refractivity contribution >= 4 is 11.5 Å². The Kier molecular flexibility index (Phi) is 1.89. The quantitative estimate of drug-likeness (QED) is 0.833. The van der Waals surface area contributed by atoms with E-state index in [0.717, 1.165) is 17.8 Å². The first-order valence-corrected chi connectivity index (χ1v) is 7.40. The molecular weight excluding hydrogens is 234 g/mol. The van der Waals surface area contributed by atoms with Gasteiger partial charge in [0.2, 0.25) is 0 Å². The monoisotopic (exact) mass is 251 g/mol. The number of hydrogen-bond donors (Lipinski definition) is 1. The molecule has 5 rings (SSSR count). The van der Waals surface area contributed by atoms with Gasteiger partial charge < -0.3 is 5.11 Å². The molecule has 4 saturated carbocycles. The molecule has 4 aliphatic rings.